The first kappa shape index (κ1) is 10.2. The van der Waals surface area contributed by atoms with Gasteiger partial charge in [0, 0.05) is 17.9 Å². The van der Waals surface area contributed by atoms with Crippen LogP contribution in [0.5, 0.6) is 0 Å². The lowest BCUT2D eigenvalue weighted by molar-refractivity contribution is 0.172. The first-order valence-corrected chi connectivity index (χ1v) is 6.08. The fraction of sp³-hybridized carbons (Fsp3) is 0.500. The number of hydrogen-bond acceptors (Lipinski definition) is 3. The zero-order valence-electron chi connectivity index (χ0n) is 7.62. The highest BCUT2D eigenvalue weighted by atomic mass is 79.9. The van der Waals surface area contributed by atoms with Crippen molar-refractivity contribution in [3.63, 3.8) is 0 Å². The Morgan fingerprint density at radius 2 is 2.50 bits per heavy atom. The molecule has 1 aliphatic rings. The van der Waals surface area contributed by atoms with Gasteiger partial charge in [-0.2, -0.15) is 5.26 Å². The van der Waals surface area contributed by atoms with Gasteiger partial charge in [-0.15, -0.1) is 11.3 Å². The molecular formula is C10H10BrNOS. The Morgan fingerprint density at radius 1 is 1.64 bits per heavy atom. The van der Waals surface area contributed by atoms with E-state index in [1.807, 2.05) is 6.07 Å². The van der Waals surface area contributed by atoms with Gasteiger partial charge < -0.3 is 4.74 Å². The monoisotopic (exact) mass is 271 g/mol. The van der Waals surface area contributed by atoms with Crippen molar-refractivity contribution in [1.29, 1.82) is 5.26 Å². The highest BCUT2D eigenvalue weighted by Crippen LogP contribution is 2.34. The number of nitriles is 1. The molecule has 1 fully saturated rings. The molecule has 1 aliphatic heterocycles. The lowest BCUT2D eigenvalue weighted by Gasteiger charge is -2.16. The van der Waals surface area contributed by atoms with Crippen molar-refractivity contribution in [2.75, 3.05) is 13.2 Å². The van der Waals surface area contributed by atoms with Crippen LogP contribution in [0.2, 0.25) is 0 Å². The summed E-state index contributed by atoms with van der Waals surface area (Å²) in [4.78, 5) is 1.25. The summed E-state index contributed by atoms with van der Waals surface area (Å²) in [5, 5.41) is 9.15. The molecule has 1 aromatic heterocycles. The molecule has 0 amide bonds. The second-order valence-corrected chi connectivity index (χ2v) is 6.12. The molecule has 4 heteroatoms. The Hall–Kier alpha value is -0.370. The number of nitrogens with zero attached hydrogens (tertiary/aromatic N) is 1. The minimum atomic E-state index is -0.274. The summed E-state index contributed by atoms with van der Waals surface area (Å²) in [6.45, 7) is 1.30. The van der Waals surface area contributed by atoms with Crippen molar-refractivity contribution < 1.29 is 4.74 Å². The van der Waals surface area contributed by atoms with E-state index in [9.17, 15) is 0 Å². The van der Waals surface area contributed by atoms with E-state index in [2.05, 4.69) is 28.1 Å². The predicted molar refractivity (Wildman–Crippen MR) is 59.2 cm³/mol. The number of rotatable bonds is 2. The summed E-state index contributed by atoms with van der Waals surface area (Å²) < 4.78 is 6.43. The van der Waals surface area contributed by atoms with Gasteiger partial charge in [0.2, 0.25) is 0 Å². The van der Waals surface area contributed by atoms with Gasteiger partial charge in [0.05, 0.1) is 21.9 Å². The molecule has 0 N–H and O–H groups in total. The van der Waals surface area contributed by atoms with Crippen LogP contribution in [0, 0.1) is 16.7 Å². The maximum absolute atomic E-state index is 9.15. The molecule has 1 unspecified atom stereocenters. The summed E-state index contributed by atoms with van der Waals surface area (Å²) in [7, 11) is 0. The molecular weight excluding hydrogens is 262 g/mol. The molecule has 14 heavy (non-hydrogen) atoms. The molecule has 0 spiro atoms. The minimum absolute atomic E-state index is 0.274. The van der Waals surface area contributed by atoms with Gasteiger partial charge in [0.25, 0.3) is 0 Å². The molecule has 1 atom stereocenters. The third-order valence-electron chi connectivity index (χ3n) is 2.48. The third kappa shape index (κ3) is 2.00. The Balaban J connectivity index is 2.13. The van der Waals surface area contributed by atoms with Gasteiger partial charge in [0.1, 0.15) is 0 Å². The largest absolute Gasteiger partial charge is 0.380 e. The van der Waals surface area contributed by atoms with Crippen LogP contribution < -0.4 is 0 Å². The van der Waals surface area contributed by atoms with E-state index < -0.39 is 0 Å². The van der Waals surface area contributed by atoms with E-state index >= 15 is 0 Å². The highest BCUT2D eigenvalue weighted by Gasteiger charge is 2.35. The molecule has 0 aliphatic carbocycles. The molecule has 2 nitrogen and oxygen atoms in total. The molecule has 74 valence electrons. The van der Waals surface area contributed by atoms with Crippen LogP contribution in [0.4, 0.5) is 0 Å². The van der Waals surface area contributed by atoms with Crippen molar-refractivity contribution in [1.82, 2.24) is 0 Å². The maximum atomic E-state index is 9.15. The van der Waals surface area contributed by atoms with Gasteiger partial charge >= 0.3 is 0 Å². The van der Waals surface area contributed by atoms with Crippen LogP contribution in [0.25, 0.3) is 0 Å². The maximum Gasteiger partial charge on any atom is 0.0876 e. The molecule has 0 aromatic carbocycles. The van der Waals surface area contributed by atoms with E-state index in [4.69, 9.17) is 10.00 Å². The minimum Gasteiger partial charge on any atom is -0.380 e. The van der Waals surface area contributed by atoms with Crippen LogP contribution >= 0.6 is 27.3 Å². The summed E-state index contributed by atoms with van der Waals surface area (Å²) in [5.74, 6) is 0. The number of thiophene rings is 1. The van der Waals surface area contributed by atoms with Gasteiger partial charge in [-0.05, 0) is 34.5 Å². The summed E-state index contributed by atoms with van der Waals surface area (Å²) >= 11 is 5.12. The van der Waals surface area contributed by atoms with E-state index in [1.54, 1.807) is 11.3 Å². The molecule has 2 heterocycles. The standard InChI is InChI=1S/C10H10BrNOS/c11-9-2-1-8(14-9)5-10(6-12)3-4-13-7-10/h1-2H,3-5,7H2. The van der Waals surface area contributed by atoms with Gasteiger partial charge in [-0.3, -0.25) is 0 Å². The zero-order valence-corrected chi connectivity index (χ0v) is 10.0. The van der Waals surface area contributed by atoms with Crippen molar-refractivity contribution in [3.05, 3.63) is 20.8 Å². The van der Waals surface area contributed by atoms with Gasteiger partial charge in [-0.25, -0.2) is 0 Å². The zero-order chi connectivity index (χ0) is 10.0. The van der Waals surface area contributed by atoms with Crippen LogP contribution in [0.3, 0.4) is 0 Å². The topological polar surface area (TPSA) is 33.0 Å². The van der Waals surface area contributed by atoms with Crippen LogP contribution in [-0.2, 0) is 11.2 Å². The van der Waals surface area contributed by atoms with Crippen LogP contribution in [0.15, 0.2) is 15.9 Å². The average Bonchev–Trinajstić information content (AvgIpc) is 2.77. The number of hydrogen-bond donors (Lipinski definition) is 0. The SMILES string of the molecule is N#CC1(Cc2ccc(Br)s2)CCOC1. The Labute approximate surface area is 95.6 Å². The molecule has 2 rings (SSSR count). The van der Waals surface area contributed by atoms with E-state index in [1.165, 1.54) is 4.88 Å². The summed E-state index contributed by atoms with van der Waals surface area (Å²) in [6.07, 6.45) is 1.68. The van der Waals surface area contributed by atoms with Crippen molar-refractivity contribution in [2.45, 2.75) is 12.8 Å². The Kier molecular flexibility index (Phi) is 2.91. The van der Waals surface area contributed by atoms with Gasteiger partial charge in [-0.1, -0.05) is 0 Å². The first-order chi connectivity index (χ1) is 6.74. The predicted octanol–water partition coefficient (Wildman–Crippen LogP) is 2.98. The van der Waals surface area contributed by atoms with Crippen molar-refractivity contribution in [2.24, 2.45) is 5.41 Å². The summed E-state index contributed by atoms with van der Waals surface area (Å²) in [6, 6.07) is 6.51. The average molecular weight is 272 g/mol. The quantitative estimate of drug-likeness (QED) is 0.829. The lowest BCUT2D eigenvalue weighted by Crippen LogP contribution is -2.20. The second-order valence-electron chi connectivity index (χ2n) is 3.58. The smallest absolute Gasteiger partial charge is 0.0876 e. The molecule has 1 aromatic rings. The third-order valence-corrected chi connectivity index (χ3v) is 4.11. The Morgan fingerprint density at radius 3 is 3.00 bits per heavy atom. The second kappa shape index (κ2) is 4.01. The molecule has 1 saturated heterocycles. The number of ether oxygens (including phenoxy) is 1. The molecule has 0 radical (unpaired) electrons. The molecule has 0 bridgehead atoms. The van der Waals surface area contributed by atoms with Crippen LogP contribution in [0.1, 0.15) is 11.3 Å². The Bertz CT molecular complexity index is 362. The highest BCUT2D eigenvalue weighted by molar-refractivity contribution is 9.11. The fourth-order valence-electron chi connectivity index (χ4n) is 1.65. The van der Waals surface area contributed by atoms with Crippen molar-refractivity contribution in [3.8, 4) is 6.07 Å². The van der Waals surface area contributed by atoms with E-state index in [0.29, 0.717) is 6.61 Å². The lowest BCUT2D eigenvalue weighted by atomic mass is 9.85. The van der Waals surface area contributed by atoms with Crippen LogP contribution in [-0.4, -0.2) is 13.2 Å². The van der Waals surface area contributed by atoms with E-state index in [0.717, 1.165) is 23.2 Å². The van der Waals surface area contributed by atoms with E-state index in [-0.39, 0.29) is 5.41 Å². The van der Waals surface area contributed by atoms with Gasteiger partial charge in [0.15, 0.2) is 0 Å². The first-order valence-electron chi connectivity index (χ1n) is 4.47. The van der Waals surface area contributed by atoms with Crippen molar-refractivity contribution >= 4 is 27.3 Å². The molecule has 0 saturated carbocycles. The fourth-order valence-corrected chi connectivity index (χ4v) is 3.28. The number of halogens is 1. The normalized spacial score (nSPS) is 26.3. The summed E-state index contributed by atoms with van der Waals surface area (Å²) in [5.41, 5.74) is -0.274.